The van der Waals surface area contributed by atoms with Gasteiger partial charge in [-0.3, -0.25) is 4.79 Å². The molecule has 8 heteroatoms. The van der Waals surface area contributed by atoms with E-state index in [0.717, 1.165) is 71.4 Å². The molecule has 0 spiro atoms. The van der Waals surface area contributed by atoms with Crippen LogP contribution in [0, 0.1) is 6.92 Å². The molecule has 2 aromatic carbocycles. The third-order valence-electron chi connectivity index (χ3n) is 7.10. The van der Waals surface area contributed by atoms with E-state index in [1.807, 2.05) is 55.4 Å². The summed E-state index contributed by atoms with van der Waals surface area (Å²) < 4.78 is 0. The van der Waals surface area contributed by atoms with Gasteiger partial charge in [-0.2, -0.15) is 0 Å². The number of H-pyrrole nitrogens is 1. The van der Waals surface area contributed by atoms with Gasteiger partial charge in [0.05, 0.1) is 16.6 Å². The van der Waals surface area contributed by atoms with Crippen LogP contribution in [0.5, 0.6) is 0 Å². The van der Waals surface area contributed by atoms with Crippen molar-refractivity contribution in [3.8, 4) is 0 Å². The number of benzene rings is 2. The number of carbonyl (C=O) groups is 1. The first kappa shape index (κ1) is 21.0. The summed E-state index contributed by atoms with van der Waals surface area (Å²) in [5.74, 6) is 1.95. The first-order chi connectivity index (χ1) is 16.5. The van der Waals surface area contributed by atoms with Crippen molar-refractivity contribution < 1.29 is 4.79 Å². The topological polar surface area (TPSA) is 90.0 Å². The van der Waals surface area contributed by atoms with E-state index in [1.165, 1.54) is 0 Å². The van der Waals surface area contributed by atoms with Gasteiger partial charge in [0.1, 0.15) is 11.3 Å². The van der Waals surface area contributed by atoms with Crippen molar-refractivity contribution in [3.63, 3.8) is 0 Å². The van der Waals surface area contributed by atoms with Gasteiger partial charge < -0.3 is 20.1 Å². The van der Waals surface area contributed by atoms with E-state index in [0.29, 0.717) is 17.4 Å². The molecule has 0 bridgehead atoms. The van der Waals surface area contributed by atoms with E-state index in [-0.39, 0.29) is 11.9 Å². The van der Waals surface area contributed by atoms with Gasteiger partial charge in [-0.1, -0.05) is 18.2 Å². The van der Waals surface area contributed by atoms with E-state index < -0.39 is 0 Å². The van der Waals surface area contributed by atoms with Crippen molar-refractivity contribution in [2.24, 2.45) is 0 Å². The molecule has 2 N–H and O–H groups in total. The van der Waals surface area contributed by atoms with Crippen molar-refractivity contribution in [1.29, 1.82) is 0 Å². The molecule has 1 atom stereocenters. The van der Waals surface area contributed by atoms with Crippen LogP contribution < -0.4 is 5.32 Å². The summed E-state index contributed by atoms with van der Waals surface area (Å²) in [5.41, 5.74) is 5.00. The molecule has 4 aromatic rings. The van der Waals surface area contributed by atoms with Gasteiger partial charge in [0.2, 0.25) is 5.95 Å². The Hall–Kier alpha value is -3.52. The van der Waals surface area contributed by atoms with Gasteiger partial charge in [0.25, 0.3) is 5.91 Å². The highest BCUT2D eigenvalue weighted by Crippen LogP contribution is 2.40. The highest BCUT2D eigenvalue weighted by molar-refractivity contribution is 6.06. The number of nitrogens with zero attached hydrogens (tertiary/aromatic N) is 5. The number of aromatic nitrogens is 4. The van der Waals surface area contributed by atoms with Crippen LogP contribution in [0.2, 0.25) is 0 Å². The van der Waals surface area contributed by atoms with Crippen molar-refractivity contribution in [2.75, 3.05) is 32.5 Å². The first-order valence-electron chi connectivity index (χ1n) is 11.9. The lowest BCUT2D eigenvalue weighted by molar-refractivity contribution is 0.0739. The highest BCUT2D eigenvalue weighted by atomic mass is 16.2. The molecule has 1 saturated heterocycles. The second-order valence-electron chi connectivity index (χ2n) is 9.77. The molecule has 2 aliphatic rings. The second-order valence-corrected chi connectivity index (χ2v) is 9.77. The monoisotopic (exact) mass is 455 g/mol. The Morgan fingerprint density at radius 3 is 2.79 bits per heavy atom. The van der Waals surface area contributed by atoms with Crippen molar-refractivity contribution in [2.45, 2.75) is 38.1 Å². The van der Waals surface area contributed by atoms with E-state index in [4.69, 9.17) is 9.97 Å². The van der Waals surface area contributed by atoms with Crippen LogP contribution in [-0.2, 0) is 0 Å². The normalized spacial score (nSPS) is 18.6. The van der Waals surface area contributed by atoms with Crippen molar-refractivity contribution >= 4 is 39.5 Å². The largest absolute Gasteiger partial charge is 0.342 e. The number of nitrogens with one attached hydrogen (secondary N) is 2. The fraction of sp³-hybridized carbons (Fsp3) is 0.385. The van der Waals surface area contributed by atoms with E-state index in [2.05, 4.69) is 27.2 Å². The number of likely N-dealkylation sites (tertiary alicyclic amines) is 1. The quantitative estimate of drug-likeness (QED) is 0.469. The number of hydrogen-bond acceptors (Lipinski definition) is 6. The molecule has 2 fully saturated rings. The van der Waals surface area contributed by atoms with Crippen LogP contribution in [-0.4, -0.2) is 68.9 Å². The van der Waals surface area contributed by atoms with Crippen LogP contribution >= 0.6 is 0 Å². The van der Waals surface area contributed by atoms with E-state index in [9.17, 15) is 4.79 Å². The minimum atomic E-state index is -0.00179. The molecule has 1 unspecified atom stereocenters. The zero-order valence-corrected chi connectivity index (χ0v) is 19.8. The maximum Gasteiger partial charge on any atom is 0.256 e. The number of imidazole rings is 1. The third kappa shape index (κ3) is 3.77. The second kappa shape index (κ2) is 8.06. The molecule has 2 aromatic heterocycles. The zero-order chi connectivity index (χ0) is 23.4. The van der Waals surface area contributed by atoms with E-state index >= 15 is 0 Å². The Kier molecular flexibility index (Phi) is 4.99. The molecular formula is C26H29N7O. The van der Waals surface area contributed by atoms with Crippen LogP contribution in [0.3, 0.4) is 0 Å². The van der Waals surface area contributed by atoms with E-state index in [1.54, 1.807) is 0 Å². The number of hydrogen-bond donors (Lipinski definition) is 2. The number of rotatable bonds is 5. The standard InChI is InChI=1S/C26H29N7O/c1-15-5-4-6-17-13-27-26(31-22(15)17)28-18-11-20(25(34)33(3)19-9-10-32(2)14-19)23-21(12-18)29-24(30-23)16-7-8-16/h4-6,11-13,16,19H,7-10,14H2,1-3H3,(H,29,30)(H,27,28,31). The maximum atomic E-state index is 13.7. The summed E-state index contributed by atoms with van der Waals surface area (Å²) in [6, 6.07) is 10.2. The Labute approximate surface area is 198 Å². The maximum absolute atomic E-state index is 13.7. The van der Waals surface area contributed by atoms with Gasteiger partial charge in [0, 0.05) is 42.8 Å². The van der Waals surface area contributed by atoms with Crippen LogP contribution in [0.4, 0.5) is 11.6 Å². The number of anilines is 2. The molecule has 1 aliphatic carbocycles. The third-order valence-corrected chi connectivity index (χ3v) is 7.10. The van der Waals surface area contributed by atoms with Gasteiger partial charge in [-0.25, -0.2) is 15.0 Å². The summed E-state index contributed by atoms with van der Waals surface area (Å²) in [6.07, 6.45) is 5.10. The summed E-state index contributed by atoms with van der Waals surface area (Å²) in [7, 11) is 4.00. The van der Waals surface area contributed by atoms with Crippen LogP contribution in [0.25, 0.3) is 21.9 Å². The lowest BCUT2D eigenvalue weighted by atomic mass is 10.1. The van der Waals surface area contributed by atoms with Gasteiger partial charge in [-0.05, 0) is 57.5 Å². The molecule has 8 nitrogen and oxygen atoms in total. The number of para-hydroxylation sites is 1. The number of aromatic amines is 1. The van der Waals surface area contributed by atoms with Gasteiger partial charge in [-0.15, -0.1) is 0 Å². The smallest absolute Gasteiger partial charge is 0.256 e. The number of carbonyl (C=O) groups excluding carboxylic acids is 1. The summed E-state index contributed by atoms with van der Waals surface area (Å²) in [5, 5.41) is 4.33. The predicted molar refractivity (Wildman–Crippen MR) is 134 cm³/mol. The number of likely N-dealkylation sites (N-methyl/N-ethyl adjacent to an activating group) is 2. The predicted octanol–water partition coefficient (Wildman–Crippen LogP) is 4.21. The highest BCUT2D eigenvalue weighted by Gasteiger charge is 2.31. The Morgan fingerprint density at radius 2 is 2.03 bits per heavy atom. The Morgan fingerprint density at radius 1 is 1.18 bits per heavy atom. The summed E-state index contributed by atoms with van der Waals surface area (Å²) in [4.78, 5) is 35.3. The molecule has 1 aliphatic heterocycles. The molecule has 1 amide bonds. The average Bonchev–Trinajstić information content (AvgIpc) is 3.45. The summed E-state index contributed by atoms with van der Waals surface area (Å²) in [6.45, 7) is 3.94. The lowest BCUT2D eigenvalue weighted by Crippen LogP contribution is -2.38. The fourth-order valence-corrected chi connectivity index (χ4v) is 4.90. The van der Waals surface area contributed by atoms with Gasteiger partial charge in [0.15, 0.2) is 0 Å². The van der Waals surface area contributed by atoms with Gasteiger partial charge >= 0.3 is 0 Å². The van der Waals surface area contributed by atoms with Crippen molar-refractivity contribution in [1.82, 2.24) is 29.7 Å². The number of aryl methyl sites for hydroxylation is 1. The lowest BCUT2D eigenvalue weighted by Gasteiger charge is -2.25. The number of fused-ring (bicyclic) bond motifs is 2. The average molecular weight is 456 g/mol. The molecule has 34 heavy (non-hydrogen) atoms. The number of amides is 1. The Balaban J connectivity index is 1.39. The van der Waals surface area contributed by atoms with Crippen LogP contribution in [0.1, 0.15) is 46.9 Å². The molecule has 0 radical (unpaired) electrons. The molecule has 1 saturated carbocycles. The minimum Gasteiger partial charge on any atom is -0.342 e. The zero-order valence-electron chi connectivity index (χ0n) is 19.8. The van der Waals surface area contributed by atoms with Crippen molar-refractivity contribution in [3.05, 3.63) is 53.5 Å². The minimum absolute atomic E-state index is 0.00179. The molecule has 6 rings (SSSR count). The Bertz CT molecular complexity index is 1410. The first-order valence-corrected chi connectivity index (χ1v) is 11.9. The molecule has 3 heterocycles. The molecule has 174 valence electrons. The fourth-order valence-electron chi connectivity index (χ4n) is 4.90. The van der Waals surface area contributed by atoms with Crippen LogP contribution in [0.15, 0.2) is 36.5 Å². The summed E-state index contributed by atoms with van der Waals surface area (Å²) >= 11 is 0. The molecular weight excluding hydrogens is 426 g/mol. The SMILES string of the molecule is Cc1cccc2cnc(Nc3cc(C(=O)N(C)C4CCN(C)C4)c4nc(C5CC5)[nH]c4c3)nc12.